The molecule has 2 aromatic carbocycles. The maximum absolute atomic E-state index is 14.3. The summed E-state index contributed by atoms with van der Waals surface area (Å²) in [4.78, 5) is 22.1. The van der Waals surface area contributed by atoms with Gasteiger partial charge in [0.1, 0.15) is 11.6 Å². The highest BCUT2D eigenvalue weighted by Gasteiger charge is 2.30. The minimum Gasteiger partial charge on any atom is -0.490 e. The summed E-state index contributed by atoms with van der Waals surface area (Å²) in [5.41, 5.74) is 1.45. The van der Waals surface area contributed by atoms with Gasteiger partial charge in [-0.3, -0.25) is 19.4 Å². The van der Waals surface area contributed by atoms with Crippen LogP contribution in [0.2, 0.25) is 0 Å². The molecule has 0 bridgehead atoms. The number of aliphatic hydroxyl groups is 1. The van der Waals surface area contributed by atoms with E-state index in [1.165, 1.54) is 24.3 Å². The van der Waals surface area contributed by atoms with E-state index in [1.54, 1.807) is 30.3 Å². The molecule has 4 atom stereocenters. The number of rotatable bonds is 9. The molecule has 46 heavy (non-hydrogen) atoms. The van der Waals surface area contributed by atoms with E-state index < -0.39 is 27.8 Å². The van der Waals surface area contributed by atoms with E-state index in [0.29, 0.717) is 25.4 Å². The molecule has 0 saturated heterocycles. The minimum absolute atomic E-state index is 0.107. The lowest BCUT2D eigenvalue weighted by Gasteiger charge is -2.36. The molecule has 0 fully saturated rings. The summed E-state index contributed by atoms with van der Waals surface area (Å²) in [6.07, 6.45) is 5.56. The van der Waals surface area contributed by atoms with Crippen LogP contribution in [0, 0.1) is 11.7 Å². The van der Waals surface area contributed by atoms with Crippen molar-refractivity contribution in [1.82, 2.24) is 14.8 Å². The lowest BCUT2D eigenvalue weighted by Crippen LogP contribution is -2.47. The summed E-state index contributed by atoms with van der Waals surface area (Å²) < 4.78 is 54.8. The van der Waals surface area contributed by atoms with Gasteiger partial charge in [-0.05, 0) is 100 Å². The topological polar surface area (TPSA) is 121 Å². The molecule has 12 heteroatoms. The number of sulfonamides is 1. The summed E-state index contributed by atoms with van der Waals surface area (Å²) in [7, 11) is -2.03. The van der Waals surface area contributed by atoms with Gasteiger partial charge in [0.15, 0.2) is 0 Å². The summed E-state index contributed by atoms with van der Waals surface area (Å²) in [6, 6.07) is 12.5. The fourth-order valence-corrected chi connectivity index (χ4v) is 6.50. The SMILES string of the molecule is C[C@H](CO)N1C[C@H](C)[C@H](CN(C)Cc2ccncc2)OCCCC[C@H](C)Oc2ccc(NS(=O)(=O)c3ccc(F)cc3)cc2C1=O. The maximum Gasteiger partial charge on any atom is 0.261 e. The molecule has 0 radical (unpaired) electrons. The van der Waals surface area contributed by atoms with Crippen LogP contribution >= 0.6 is 0 Å². The molecule has 1 aliphatic rings. The van der Waals surface area contributed by atoms with Crippen LogP contribution in [0.5, 0.6) is 5.75 Å². The molecule has 1 aliphatic heterocycles. The van der Waals surface area contributed by atoms with E-state index >= 15 is 0 Å². The second-order valence-corrected chi connectivity index (χ2v) is 13.8. The molecule has 3 aromatic rings. The van der Waals surface area contributed by atoms with Gasteiger partial charge < -0.3 is 19.5 Å². The largest absolute Gasteiger partial charge is 0.490 e. The Morgan fingerprint density at radius 2 is 1.83 bits per heavy atom. The third-order valence-electron chi connectivity index (χ3n) is 8.12. The molecule has 1 aromatic heterocycles. The average molecular weight is 657 g/mol. The number of anilines is 1. The van der Waals surface area contributed by atoms with Gasteiger partial charge >= 0.3 is 0 Å². The molecule has 0 unspecified atom stereocenters. The van der Waals surface area contributed by atoms with Gasteiger partial charge in [-0.15, -0.1) is 0 Å². The molecular formula is C34H45FN4O6S. The number of aliphatic hydroxyl groups excluding tert-OH is 1. The third-order valence-corrected chi connectivity index (χ3v) is 9.52. The number of ether oxygens (including phenoxy) is 2. The summed E-state index contributed by atoms with van der Waals surface area (Å²) >= 11 is 0. The van der Waals surface area contributed by atoms with Crippen LogP contribution in [0.25, 0.3) is 0 Å². The van der Waals surface area contributed by atoms with Crippen molar-refractivity contribution in [2.75, 3.05) is 38.1 Å². The monoisotopic (exact) mass is 656 g/mol. The molecule has 1 amide bonds. The van der Waals surface area contributed by atoms with E-state index in [4.69, 9.17) is 9.47 Å². The normalized spacial score (nSPS) is 20.8. The number of hydrogen-bond acceptors (Lipinski definition) is 8. The zero-order chi connectivity index (χ0) is 33.3. The Morgan fingerprint density at radius 1 is 1.11 bits per heavy atom. The Morgan fingerprint density at radius 3 is 2.52 bits per heavy atom. The highest BCUT2D eigenvalue weighted by molar-refractivity contribution is 7.92. The lowest BCUT2D eigenvalue weighted by molar-refractivity contribution is -0.0177. The van der Waals surface area contributed by atoms with Crippen molar-refractivity contribution < 1.29 is 32.2 Å². The number of nitrogens with zero attached hydrogens (tertiary/aromatic N) is 3. The first-order chi connectivity index (χ1) is 22.0. The van der Waals surface area contributed by atoms with Gasteiger partial charge in [-0.1, -0.05) is 6.92 Å². The van der Waals surface area contributed by atoms with Crippen molar-refractivity contribution in [3.63, 3.8) is 0 Å². The summed E-state index contributed by atoms with van der Waals surface area (Å²) in [5, 5.41) is 10.2. The van der Waals surface area contributed by atoms with E-state index in [9.17, 15) is 22.7 Å². The first-order valence-electron chi connectivity index (χ1n) is 15.7. The smallest absolute Gasteiger partial charge is 0.261 e. The third kappa shape index (κ3) is 9.71. The van der Waals surface area contributed by atoms with Gasteiger partial charge in [0, 0.05) is 50.2 Å². The Kier molecular flexibility index (Phi) is 12.5. The first kappa shape index (κ1) is 35.3. The fourth-order valence-electron chi connectivity index (χ4n) is 5.45. The molecule has 250 valence electrons. The van der Waals surface area contributed by atoms with Crippen LogP contribution in [-0.4, -0.2) is 85.8 Å². The number of benzene rings is 2. The molecule has 0 saturated carbocycles. The minimum atomic E-state index is -4.07. The highest BCUT2D eigenvalue weighted by Crippen LogP contribution is 2.29. The van der Waals surface area contributed by atoms with Crippen LogP contribution in [0.1, 0.15) is 56.0 Å². The zero-order valence-electron chi connectivity index (χ0n) is 26.9. The number of amides is 1. The maximum atomic E-state index is 14.3. The van der Waals surface area contributed by atoms with Crippen molar-refractivity contribution in [3.8, 4) is 5.75 Å². The predicted octanol–water partition coefficient (Wildman–Crippen LogP) is 4.95. The van der Waals surface area contributed by atoms with Gasteiger partial charge in [-0.25, -0.2) is 12.8 Å². The number of likely N-dealkylation sites (N-methyl/N-ethyl adjacent to an activating group) is 1. The molecular weight excluding hydrogens is 611 g/mol. The second-order valence-electron chi connectivity index (χ2n) is 12.1. The quantitative estimate of drug-likeness (QED) is 0.332. The number of nitrogens with one attached hydrogen (secondary N) is 1. The number of halogens is 1. The molecule has 0 aliphatic carbocycles. The Balaban J connectivity index is 1.64. The van der Waals surface area contributed by atoms with E-state index in [0.717, 1.165) is 37.0 Å². The number of pyridine rings is 1. The van der Waals surface area contributed by atoms with Crippen molar-refractivity contribution in [3.05, 3.63) is 83.9 Å². The Bertz CT molecular complexity index is 1530. The van der Waals surface area contributed by atoms with Gasteiger partial charge in [0.05, 0.1) is 35.3 Å². The molecule has 10 nitrogen and oxygen atoms in total. The standard InChI is InChI=1S/C34H45FN4O6S/c1-24-20-39(25(2)23-40)34(41)31-19-29(37-46(42,43)30-11-8-28(35)9-12-30)10-13-32(31)45-26(3)7-5-6-18-44-33(24)22-38(4)21-27-14-16-36-17-15-27/h8-17,19,24-26,33,37,40H,5-7,18,20-23H2,1-4H3/t24-,25+,26-,33-/m0/s1. The first-order valence-corrected chi connectivity index (χ1v) is 17.1. The second kappa shape index (κ2) is 16.3. The van der Waals surface area contributed by atoms with Crippen molar-refractivity contribution >= 4 is 21.6 Å². The highest BCUT2D eigenvalue weighted by atomic mass is 32.2. The van der Waals surface area contributed by atoms with Gasteiger partial charge in [0.2, 0.25) is 0 Å². The van der Waals surface area contributed by atoms with Crippen molar-refractivity contribution in [2.24, 2.45) is 5.92 Å². The van der Waals surface area contributed by atoms with E-state index in [1.807, 2.05) is 33.0 Å². The van der Waals surface area contributed by atoms with Crippen LogP contribution in [0.4, 0.5) is 10.1 Å². The fraction of sp³-hybridized carbons (Fsp3) is 0.471. The molecule has 4 rings (SSSR count). The van der Waals surface area contributed by atoms with Gasteiger partial charge in [0.25, 0.3) is 15.9 Å². The van der Waals surface area contributed by atoms with Crippen molar-refractivity contribution in [2.45, 2.75) is 69.7 Å². The van der Waals surface area contributed by atoms with Crippen LogP contribution in [-0.2, 0) is 21.3 Å². The number of hydrogen-bond donors (Lipinski definition) is 2. The van der Waals surface area contributed by atoms with Crippen LogP contribution in [0.15, 0.2) is 71.9 Å². The van der Waals surface area contributed by atoms with Crippen LogP contribution in [0.3, 0.4) is 0 Å². The summed E-state index contributed by atoms with van der Waals surface area (Å²) in [6.45, 7) is 7.66. The number of carbonyl (C=O) groups excluding carboxylic acids is 1. The average Bonchev–Trinajstić information content (AvgIpc) is 3.03. The zero-order valence-corrected chi connectivity index (χ0v) is 27.7. The molecule has 0 spiro atoms. The van der Waals surface area contributed by atoms with Crippen LogP contribution < -0.4 is 9.46 Å². The summed E-state index contributed by atoms with van der Waals surface area (Å²) in [5.74, 6) is -0.738. The van der Waals surface area contributed by atoms with Crippen molar-refractivity contribution in [1.29, 1.82) is 0 Å². The lowest BCUT2D eigenvalue weighted by atomic mass is 10.0. The molecule has 2 heterocycles. The predicted molar refractivity (Wildman–Crippen MR) is 175 cm³/mol. The Hall–Kier alpha value is -3.58. The Labute approximate surface area is 271 Å². The number of fused-ring (bicyclic) bond motifs is 1. The van der Waals surface area contributed by atoms with E-state index in [-0.39, 0.29) is 47.4 Å². The molecule has 2 N–H and O–H groups in total. The van der Waals surface area contributed by atoms with Gasteiger partial charge in [-0.2, -0.15) is 0 Å². The van der Waals surface area contributed by atoms with E-state index in [2.05, 4.69) is 14.6 Å². The number of carbonyl (C=O) groups is 1. The number of aromatic nitrogens is 1.